The van der Waals surface area contributed by atoms with Crippen molar-refractivity contribution in [3.05, 3.63) is 65.7 Å². The molecule has 0 spiro atoms. The molecule has 0 aromatic heterocycles. The van der Waals surface area contributed by atoms with Crippen molar-refractivity contribution in [1.82, 2.24) is 0 Å². The molecular weight excluding hydrogens is 398 g/mol. The maximum atomic E-state index is 12.4. The van der Waals surface area contributed by atoms with Crippen molar-refractivity contribution in [2.75, 3.05) is 0 Å². The number of rotatable bonds is 12. The predicted molar refractivity (Wildman–Crippen MR) is 134 cm³/mol. The van der Waals surface area contributed by atoms with Gasteiger partial charge in [-0.1, -0.05) is 113 Å². The van der Waals surface area contributed by atoms with Crippen LogP contribution in [0.1, 0.15) is 107 Å². The lowest BCUT2D eigenvalue weighted by molar-refractivity contribution is 0.302. The van der Waals surface area contributed by atoms with Crippen LogP contribution in [0.25, 0.3) is 17.2 Å². The highest BCUT2D eigenvalue weighted by molar-refractivity contribution is 5.66. The largest absolute Gasteiger partial charge is 0.270 e. The molecule has 174 valence electrons. The van der Waals surface area contributed by atoms with Crippen molar-refractivity contribution in [2.45, 2.75) is 96.3 Å². The molecule has 1 saturated carbocycles. The summed E-state index contributed by atoms with van der Waals surface area (Å²) in [5.41, 5.74) is 4.21. The number of hydrogen-bond donors (Lipinski definition) is 0. The summed E-state index contributed by atoms with van der Waals surface area (Å²) in [4.78, 5) is 0. The van der Waals surface area contributed by atoms with Gasteiger partial charge in [0.25, 0.3) is 6.08 Å². The van der Waals surface area contributed by atoms with Crippen molar-refractivity contribution in [3.63, 3.8) is 0 Å². The van der Waals surface area contributed by atoms with Crippen LogP contribution in [0, 0.1) is 5.92 Å². The van der Waals surface area contributed by atoms with Crippen molar-refractivity contribution in [2.24, 2.45) is 5.92 Å². The molecule has 1 fully saturated rings. The van der Waals surface area contributed by atoms with Gasteiger partial charge in [0.05, 0.1) is 0 Å². The van der Waals surface area contributed by atoms with Gasteiger partial charge in [-0.2, -0.15) is 8.78 Å². The molecule has 0 amide bonds. The van der Waals surface area contributed by atoms with Gasteiger partial charge in [0.2, 0.25) is 0 Å². The van der Waals surface area contributed by atoms with Gasteiger partial charge in [0.15, 0.2) is 0 Å². The molecule has 1 aliphatic carbocycles. The molecule has 2 aromatic carbocycles. The fourth-order valence-corrected chi connectivity index (χ4v) is 5.20. The fourth-order valence-electron chi connectivity index (χ4n) is 5.20. The fraction of sp³-hybridized carbons (Fsp3) is 0.533. The molecule has 0 unspecified atom stereocenters. The van der Waals surface area contributed by atoms with E-state index in [1.54, 1.807) is 12.1 Å². The molecule has 0 aliphatic heterocycles. The maximum Gasteiger partial charge on any atom is 0.270 e. The molecule has 3 rings (SSSR count). The molecule has 32 heavy (non-hydrogen) atoms. The Morgan fingerprint density at radius 2 is 1.25 bits per heavy atom. The number of unbranched alkanes of at least 4 members (excludes halogenated alkanes) is 7. The second-order valence-corrected chi connectivity index (χ2v) is 9.66. The van der Waals surface area contributed by atoms with Crippen LogP contribution in [-0.4, -0.2) is 0 Å². The summed E-state index contributed by atoms with van der Waals surface area (Å²) >= 11 is 0. The van der Waals surface area contributed by atoms with Crippen molar-refractivity contribution < 1.29 is 8.78 Å². The summed E-state index contributed by atoms with van der Waals surface area (Å²) in [6, 6.07) is 16.2. The molecule has 0 saturated heterocycles. The van der Waals surface area contributed by atoms with Gasteiger partial charge in [-0.3, -0.25) is 0 Å². The Labute approximate surface area is 194 Å². The van der Waals surface area contributed by atoms with Crippen LogP contribution in [0.4, 0.5) is 8.78 Å². The van der Waals surface area contributed by atoms with Gasteiger partial charge >= 0.3 is 0 Å². The average Bonchev–Trinajstić information content (AvgIpc) is 2.81. The minimum absolute atomic E-state index is 0.536. The summed E-state index contributed by atoms with van der Waals surface area (Å²) in [7, 11) is 0. The monoisotopic (exact) mass is 438 g/mol. The summed E-state index contributed by atoms with van der Waals surface area (Å²) in [5.74, 6) is 1.63. The molecule has 0 radical (unpaired) electrons. The Hall–Kier alpha value is -1.96. The normalized spacial score (nSPS) is 18.5. The summed E-state index contributed by atoms with van der Waals surface area (Å²) in [6.45, 7) is 2.28. The Morgan fingerprint density at radius 3 is 1.81 bits per heavy atom. The lowest BCUT2D eigenvalue weighted by Gasteiger charge is -2.29. The van der Waals surface area contributed by atoms with E-state index >= 15 is 0 Å². The van der Waals surface area contributed by atoms with Gasteiger partial charge in [0, 0.05) is 6.08 Å². The first-order chi connectivity index (χ1) is 15.7. The Morgan fingerprint density at radius 1 is 0.719 bits per heavy atom. The summed E-state index contributed by atoms with van der Waals surface area (Å²) in [5, 5.41) is 0. The molecule has 0 heterocycles. The van der Waals surface area contributed by atoms with E-state index in [-0.39, 0.29) is 0 Å². The molecular formula is C30H40F2. The Kier molecular flexibility index (Phi) is 10.5. The molecule has 1 aliphatic rings. The predicted octanol–water partition coefficient (Wildman–Crippen LogP) is 10.4. The molecule has 0 bridgehead atoms. The zero-order valence-electron chi connectivity index (χ0n) is 19.8. The van der Waals surface area contributed by atoms with Crippen LogP contribution < -0.4 is 0 Å². The maximum absolute atomic E-state index is 12.4. The van der Waals surface area contributed by atoms with E-state index in [1.165, 1.54) is 89.0 Å². The molecule has 0 nitrogen and oxygen atoms in total. The van der Waals surface area contributed by atoms with E-state index in [1.807, 2.05) is 12.1 Å². The lowest BCUT2D eigenvalue weighted by atomic mass is 9.77. The summed E-state index contributed by atoms with van der Waals surface area (Å²) < 4.78 is 24.8. The lowest BCUT2D eigenvalue weighted by Crippen LogP contribution is -2.13. The zero-order chi connectivity index (χ0) is 22.6. The first kappa shape index (κ1) is 24.7. The average molecular weight is 439 g/mol. The third-order valence-corrected chi connectivity index (χ3v) is 7.21. The summed E-state index contributed by atoms with van der Waals surface area (Å²) in [6.07, 6.45) is 17.4. The van der Waals surface area contributed by atoms with Crippen LogP contribution in [0.5, 0.6) is 0 Å². The van der Waals surface area contributed by atoms with E-state index in [9.17, 15) is 8.78 Å². The number of halogens is 2. The topological polar surface area (TPSA) is 0 Å². The van der Waals surface area contributed by atoms with E-state index < -0.39 is 6.08 Å². The second-order valence-electron chi connectivity index (χ2n) is 9.66. The molecule has 2 heteroatoms. The number of benzene rings is 2. The first-order valence-electron chi connectivity index (χ1n) is 12.9. The van der Waals surface area contributed by atoms with Crippen molar-refractivity contribution in [3.8, 4) is 11.1 Å². The van der Waals surface area contributed by atoms with Gasteiger partial charge in [0.1, 0.15) is 0 Å². The van der Waals surface area contributed by atoms with Crippen molar-refractivity contribution in [1.29, 1.82) is 0 Å². The van der Waals surface area contributed by atoms with E-state index in [0.29, 0.717) is 11.5 Å². The third-order valence-electron chi connectivity index (χ3n) is 7.21. The molecule has 2 aromatic rings. The molecule has 0 N–H and O–H groups in total. The smallest absolute Gasteiger partial charge is 0.173 e. The SMILES string of the molecule is CCCCCCCCCCC1CCC(c2ccc(-c3ccc(C=C(F)F)cc3)cc2)CC1. The van der Waals surface area contributed by atoms with E-state index in [4.69, 9.17) is 0 Å². The van der Waals surface area contributed by atoms with E-state index in [0.717, 1.165) is 23.1 Å². The Bertz CT molecular complexity index is 792. The van der Waals surface area contributed by atoms with Gasteiger partial charge < -0.3 is 0 Å². The Balaban J connectivity index is 1.38. The van der Waals surface area contributed by atoms with Crippen molar-refractivity contribution >= 4 is 6.08 Å². The number of hydrogen-bond acceptors (Lipinski definition) is 0. The van der Waals surface area contributed by atoms with Crippen LogP contribution in [0.3, 0.4) is 0 Å². The molecule has 0 atom stereocenters. The standard InChI is InChI=1S/C30H40F2/c1-2-3-4-5-6-7-8-9-10-24-11-15-26(16-12-24)28-19-21-29(22-20-28)27-17-13-25(14-18-27)23-30(31)32/h13-14,17-24,26H,2-12,15-16H2,1H3. The van der Waals surface area contributed by atoms with E-state index in [2.05, 4.69) is 31.2 Å². The minimum atomic E-state index is -1.66. The van der Waals surface area contributed by atoms with Crippen LogP contribution in [-0.2, 0) is 0 Å². The van der Waals surface area contributed by atoms with Crippen LogP contribution in [0.15, 0.2) is 54.6 Å². The van der Waals surface area contributed by atoms with Gasteiger partial charge in [-0.05, 0) is 59.8 Å². The van der Waals surface area contributed by atoms with Gasteiger partial charge in [-0.15, -0.1) is 0 Å². The second kappa shape index (κ2) is 13.6. The highest BCUT2D eigenvalue weighted by atomic mass is 19.3. The third kappa shape index (κ3) is 8.19. The quantitative estimate of drug-likeness (QED) is 0.289. The van der Waals surface area contributed by atoms with Crippen LogP contribution in [0.2, 0.25) is 0 Å². The van der Waals surface area contributed by atoms with Gasteiger partial charge in [-0.25, -0.2) is 0 Å². The first-order valence-corrected chi connectivity index (χ1v) is 12.9. The van der Waals surface area contributed by atoms with Crippen LogP contribution >= 0.6 is 0 Å². The highest BCUT2D eigenvalue weighted by Crippen LogP contribution is 2.38. The zero-order valence-corrected chi connectivity index (χ0v) is 19.8. The minimum Gasteiger partial charge on any atom is -0.173 e. The highest BCUT2D eigenvalue weighted by Gasteiger charge is 2.22.